The molecule has 0 bridgehead atoms. The van der Waals surface area contributed by atoms with Crippen molar-refractivity contribution >= 4 is 17.7 Å². The van der Waals surface area contributed by atoms with E-state index in [-0.39, 0.29) is 11.8 Å². The van der Waals surface area contributed by atoms with Crippen LogP contribution in [0.15, 0.2) is 0 Å². The van der Waals surface area contributed by atoms with E-state index < -0.39 is 0 Å². The Hall–Kier alpha value is -0.220. The zero-order valence-electron chi connectivity index (χ0n) is 9.95. The quantitative estimate of drug-likeness (QED) is 0.778. The normalized spacial score (nSPS) is 23.3. The number of hydrogen-bond acceptors (Lipinski definition) is 3. The van der Waals surface area contributed by atoms with E-state index in [4.69, 9.17) is 5.73 Å². The second kappa shape index (κ2) is 5.21. The highest BCUT2D eigenvalue weighted by Crippen LogP contribution is 2.30. The molecule has 0 aromatic heterocycles. The van der Waals surface area contributed by atoms with Gasteiger partial charge in [0.2, 0.25) is 5.91 Å². The Labute approximate surface area is 96.8 Å². The fraction of sp³-hybridized carbons (Fsp3) is 0.909. The summed E-state index contributed by atoms with van der Waals surface area (Å²) in [6, 6.07) is 0. The summed E-state index contributed by atoms with van der Waals surface area (Å²) in [6.07, 6.45) is 1.07. The first kappa shape index (κ1) is 12.8. The third-order valence-corrected chi connectivity index (χ3v) is 4.30. The fourth-order valence-corrected chi connectivity index (χ4v) is 2.75. The summed E-state index contributed by atoms with van der Waals surface area (Å²) in [7, 11) is 0. The SMILES string of the molecule is CC(CN)C(=O)N1CCSC(C)(C)CC1. The molecule has 0 aliphatic carbocycles. The molecule has 1 fully saturated rings. The van der Waals surface area contributed by atoms with E-state index >= 15 is 0 Å². The smallest absolute Gasteiger partial charge is 0.226 e. The molecule has 1 aliphatic rings. The molecular formula is C11H22N2OS. The lowest BCUT2D eigenvalue weighted by atomic mass is 10.1. The van der Waals surface area contributed by atoms with Gasteiger partial charge in [0, 0.05) is 36.1 Å². The summed E-state index contributed by atoms with van der Waals surface area (Å²) in [5.41, 5.74) is 5.52. The van der Waals surface area contributed by atoms with Gasteiger partial charge in [-0.1, -0.05) is 20.8 Å². The molecule has 0 radical (unpaired) electrons. The van der Waals surface area contributed by atoms with E-state index in [1.165, 1.54) is 0 Å². The van der Waals surface area contributed by atoms with E-state index in [2.05, 4.69) is 13.8 Å². The Balaban J connectivity index is 2.54. The third-order valence-electron chi connectivity index (χ3n) is 2.92. The third kappa shape index (κ3) is 3.68. The highest BCUT2D eigenvalue weighted by Gasteiger charge is 2.27. The van der Waals surface area contributed by atoms with Crippen LogP contribution >= 0.6 is 11.8 Å². The van der Waals surface area contributed by atoms with Gasteiger partial charge in [-0.25, -0.2) is 0 Å². The van der Waals surface area contributed by atoms with Crippen molar-refractivity contribution < 1.29 is 4.79 Å². The number of nitrogens with two attached hydrogens (primary N) is 1. The Morgan fingerprint density at radius 3 is 2.80 bits per heavy atom. The first-order valence-electron chi connectivity index (χ1n) is 5.59. The van der Waals surface area contributed by atoms with Crippen molar-refractivity contribution in [3.05, 3.63) is 0 Å². The number of rotatable bonds is 2. The summed E-state index contributed by atoms with van der Waals surface area (Å²) >= 11 is 1.96. The maximum absolute atomic E-state index is 11.9. The second-order valence-corrected chi connectivity index (χ2v) is 6.62. The minimum atomic E-state index is -0.0313. The molecule has 1 aliphatic heterocycles. The van der Waals surface area contributed by atoms with Crippen molar-refractivity contribution in [2.24, 2.45) is 11.7 Å². The van der Waals surface area contributed by atoms with Crippen LogP contribution in [0.4, 0.5) is 0 Å². The van der Waals surface area contributed by atoms with Crippen molar-refractivity contribution in [3.8, 4) is 0 Å². The van der Waals surface area contributed by atoms with Crippen molar-refractivity contribution in [2.45, 2.75) is 31.9 Å². The van der Waals surface area contributed by atoms with Crippen LogP contribution in [0.1, 0.15) is 27.2 Å². The molecule has 0 aromatic rings. The number of carbonyl (C=O) groups is 1. The number of amides is 1. The maximum Gasteiger partial charge on any atom is 0.226 e. The standard InChI is InChI=1S/C11H22N2OS/c1-9(8-12)10(14)13-5-4-11(2,3)15-7-6-13/h9H,4-8,12H2,1-3H3. The van der Waals surface area contributed by atoms with E-state index in [1.807, 2.05) is 23.6 Å². The van der Waals surface area contributed by atoms with Gasteiger partial charge in [-0.3, -0.25) is 4.79 Å². The lowest BCUT2D eigenvalue weighted by Crippen LogP contribution is -2.39. The van der Waals surface area contributed by atoms with Crippen molar-refractivity contribution in [3.63, 3.8) is 0 Å². The van der Waals surface area contributed by atoms with Crippen LogP contribution in [-0.2, 0) is 4.79 Å². The van der Waals surface area contributed by atoms with E-state index in [0.717, 1.165) is 25.3 Å². The molecule has 1 rings (SSSR count). The van der Waals surface area contributed by atoms with Crippen LogP contribution in [0.3, 0.4) is 0 Å². The summed E-state index contributed by atoms with van der Waals surface area (Å²) in [5.74, 6) is 1.22. The van der Waals surface area contributed by atoms with Gasteiger partial charge >= 0.3 is 0 Å². The van der Waals surface area contributed by atoms with Gasteiger partial charge in [0.1, 0.15) is 0 Å². The second-order valence-electron chi connectivity index (χ2n) is 4.82. The molecule has 1 saturated heterocycles. The topological polar surface area (TPSA) is 46.3 Å². The van der Waals surface area contributed by atoms with Gasteiger partial charge in [0.05, 0.1) is 0 Å². The number of nitrogens with zero attached hydrogens (tertiary/aromatic N) is 1. The Bertz CT molecular complexity index is 231. The average molecular weight is 230 g/mol. The number of thioether (sulfide) groups is 1. The Kier molecular flexibility index (Phi) is 4.46. The molecule has 2 N–H and O–H groups in total. The summed E-state index contributed by atoms with van der Waals surface area (Å²) < 4.78 is 0.307. The van der Waals surface area contributed by atoms with Gasteiger partial charge < -0.3 is 10.6 Å². The van der Waals surface area contributed by atoms with E-state index in [9.17, 15) is 4.79 Å². The average Bonchev–Trinajstić information content (AvgIpc) is 2.37. The van der Waals surface area contributed by atoms with Crippen LogP contribution < -0.4 is 5.73 Å². The molecule has 1 amide bonds. The van der Waals surface area contributed by atoms with Crippen LogP contribution in [-0.4, -0.2) is 40.9 Å². The Morgan fingerprint density at radius 1 is 1.53 bits per heavy atom. The first-order chi connectivity index (χ1) is 6.96. The van der Waals surface area contributed by atoms with Crippen molar-refractivity contribution in [2.75, 3.05) is 25.4 Å². The molecule has 88 valence electrons. The first-order valence-corrected chi connectivity index (χ1v) is 6.57. The zero-order valence-corrected chi connectivity index (χ0v) is 10.8. The molecular weight excluding hydrogens is 208 g/mol. The number of hydrogen-bond donors (Lipinski definition) is 1. The number of carbonyl (C=O) groups excluding carboxylic acids is 1. The lowest BCUT2D eigenvalue weighted by molar-refractivity contribution is -0.134. The Morgan fingerprint density at radius 2 is 2.20 bits per heavy atom. The van der Waals surface area contributed by atoms with E-state index in [1.54, 1.807) is 0 Å². The molecule has 0 spiro atoms. The van der Waals surface area contributed by atoms with Gasteiger partial charge in [-0.2, -0.15) is 11.8 Å². The molecule has 1 heterocycles. The predicted octanol–water partition coefficient (Wildman–Crippen LogP) is 1.33. The van der Waals surface area contributed by atoms with Crippen LogP contribution in [0.25, 0.3) is 0 Å². The minimum absolute atomic E-state index is 0.0313. The van der Waals surface area contributed by atoms with Gasteiger partial charge in [-0.05, 0) is 6.42 Å². The minimum Gasteiger partial charge on any atom is -0.342 e. The molecule has 0 saturated carbocycles. The van der Waals surface area contributed by atoms with Crippen molar-refractivity contribution in [1.29, 1.82) is 0 Å². The molecule has 1 unspecified atom stereocenters. The highest BCUT2D eigenvalue weighted by molar-refractivity contribution is 8.00. The summed E-state index contributed by atoms with van der Waals surface area (Å²) in [5, 5.41) is 0. The molecule has 1 atom stereocenters. The van der Waals surface area contributed by atoms with Crippen LogP contribution in [0, 0.1) is 5.92 Å². The van der Waals surface area contributed by atoms with Gasteiger partial charge in [0.25, 0.3) is 0 Å². The molecule has 3 nitrogen and oxygen atoms in total. The molecule has 4 heteroatoms. The van der Waals surface area contributed by atoms with Crippen molar-refractivity contribution in [1.82, 2.24) is 4.90 Å². The van der Waals surface area contributed by atoms with Crippen LogP contribution in [0.5, 0.6) is 0 Å². The van der Waals surface area contributed by atoms with Gasteiger partial charge in [-0.15, -0.1) is 0 Å². The zero-order chi connectivity index (χ0) is 11.5. The molecule has 15 heavy (non-hydrogen) atoms. The lowest BCUT2D eigenvalue weighted by Gasteiger charge is -2.24. The largest absolute Gasteiger partial charge is 0.342 e. The predicted molar refractivity (Wildman–Crippen MR) is 66.0 cm³/mol. The van der Waals surface area contributed by atoms with Crippen LogP contribution in [0.2, 0.25) is 0 Å². The fourth-order valence-electron chi connectivity index (χ4n) is 1.65. The monoisotopic (exact) mass is 230 g/mol. The highest BCUT2D eigenvalue weighted by atomic mass is 32.2. The summed E-state index contributed by atoms with van der Waals surface area (Å²) in [4.78, 5) is 13.9. The van der Waals surface area contributed by atoms with Gasteiger partial charge in [0.15, 0.2) is 0 Å². The molecule has 0 aromatic carbocycles. The maximum atomic E-state index is 11.9. The summed E-state index contributed by atoms with van der Waals surface area (Å²) in [6.45, 7) is 8.60. The van der Waals surface area contributed by atoms with E-state index in [0.29, 0.717) is 11.3 Å².